The average Bonchev–Trinajstić information content (AvgIpc) is 2.98. The zero-order valence-electron chi connectivity index (χ0n) is 15.4. The van der Waals surface area contributed by atoms with E-state index < -0.39 is 0 Å². The topological polar surface area (TPSA) is 52.2 Å². The van der Waals surface area contributed by atoms with Gasteiger partial charge in [-0.2, -0.15) is 0 Å². The highest BCUT2D eigenvalue weighted by molar-refractivity contribution is 5.90. The van der Waals surface area contributed by atoms with Crippen molar-refractivity contribution in [3.63, 3.8) is 0 Å². The van der Waals surface area contributed by atoms with Crippen molar-refractivity contribution in [2.24, 2.45) is 0 Å². The number of carbonyl (C=O) groups excluding carboxylic acids is 1. The molecule has 0 spiro atoms. The SMILES string of the molecule is Cc1[nH]c2ccc(F)cc2c1CC(=O)N1CCN(Cc2cccnc2)CC1. The van der Waals surface area contributed by atoms with Crippen molar-refractivity contribution in [3.05, 3.63) is 65.4 Å². The van der Waals surface area contributed by atoms with Gasteiger partial charge in [-0.15, -0.1) is 0 Å². The van der Waals surface area contributed by atoms with Crippen molar-refractivity contribution >= 4 is 16.8 Å². The van der Waals surface area contributed by atoms with Crippen molar-refractivity contribution in [3.8, 4) is 0 Å². The number of hydrogen-bond acceptors (Lipinski definition) is 3. The highest BCUT2D eigenvalue weighted by Gasteiger charge is 2.23. The van der Waals surface area contributed by atoms with Gasteiger partial charge in [-0.3, -0.25) is 14.7 Å². The van der Waals surface area contributed by atoms with Crippen LogP contribution in [0.4, 0.5) is 4.39 Å². The number of carbonyl (C=O) groups is 1. The smallest absolute Gasteiger partial charge is 0.227 e. The van der Waals surface area contributed by atoms with Crippen LogP contribution in [0.3, 0.4) is 0 Å². The highest BCUT2D eigenvalue weighted by Crippen LogP contribution is 2.24. The fraction of sp³-hybridized carbons (Fsp3) is 0.333. The quantitative estimate of drug-likeness (QED) is 0.772. The minimum Gasteiger partial charge on any atom is -0.358 e. The van der Waals surface area contributed by atoms with E-state index in [0.717, 1.165) is 54.9 Å². The Kier molecular flexibility index (Phi) is 4.90. The lowest BCUT2D eigenvalue weighted by Crippen LogP contribution is -2.48. The maximum absolute atomic E-state index is 13.6. The van der Waals surface area contributed by atoms with E-state index in [9.17, 15) is 9.18 Å². The number of hydrogen-bond donors (Lipinski definition) is 1. The van der Waals surface area contributed by atoms with E-state index in [4.69, 9.17) is 0 Å². The van der Waals surface area contributed by atoms with Gasteiger partial charge < -0.3 is 9.88 Å². The Hall–Kier alpha value is -2.73. The van der Waals surface area contributed by atoms with Crippen molar-refractivity contribution in [1.82, 2.24) is 19.8 Å². The molecule has 1 fully saturated rings. The minimum absolute atomic E-state index is 0.101. The Bertz CT molecular complexity index is 945. The Morgan fingerprint density at radius 2 is 2.04 bits per heavy atom. The molecule has 1 aliphatic rings. The molecule has 140 valence electrons. The number of benzene rings is 1. The molecule has 2 aromatic heterocycles. The third-order valence-corrected chi connectivity index (χ3v) is 5.26. The number of piperazine rings is 1. The summed E-state index contributed by atoms with van der Waals surface area (Å²) in [6.45, 7) is 5.93. The normalized spacial score (nSPS) is 15.4. The van der Waals surface area contributed by atoms with E-state index in [1.807, 2.05) is 24.1 Å². The molecule has 3 aromatic rings. The molecule has 5 nitrogen and oxygen atoms in total. The molecule has 4 rings (SSSR count). The molecular formula is C21H23FN4O. The highest BCUT2D eigenvalue weighted by atomic mass is 19.1. The Morgan fingerprint density at radius 3 is 2.78 bits per heavy atom. The summed E-state index contributed by atoms with van der Waals surface area (Å²) in [4.78, 5) is 24.5. The Balaban J connectivity index is 1.39. The summed E-state index contributed by atoms with van der Waals surface area (Å²) < 4.78 is 13.6. The van der Waals surface area contributed by atoms with Crippen LogP contribution in [0.25, 0.3) is 10.9 Å². The Labute approximate surface area is 157 Å². The van der Waals surface area contributed by atoms with Crippen molar-refractivity contribution < 1.29 is 9.18 Å². The molecule has 1 saturated heterocycles. The number of halogens is 1. The average molecular weight is 366 g/mol. The molecule has 1 amide bonds. The van der Waals surface area contributed by atoms with E-state index >= 15 is 0 Å². The van der Waals surface area contributed by atoms with Crippen LogP contribution >= 0.6 is 0 Å². The van der Waals surface area contributed by atoms with Crippen molar-refractivity contribution in [2.75, 3.05) is 26.2 Å². The van der Waals surface area contributed by atoms with Gasteiger partial charge in [0.05, 0.1) is 6.42 Å². The number of pyridine rings is 1. The van der Waals surface area contributed by atoms with Gasteiger partial charge in [0.2, 0.25) is 5.91 Å². The zero-order valence-corrected chi connectivity index (χ0v) is 15.4. The number of aromatic amines is 1. The van der Waals surface area contributed by atoms with E-state index in [0.29, 0.717) is 6.42 Å². The van der Waals surface area contributed by atoms with Crippen LogP contribution < -0.4 is 0 Å². The second-order valence-electron chi connectivity index (χ2n) is 7.11. The van der Waals surface area contributed by atoms with Crippen LogP contribution in [0.2, 0.25) is 0 Å². The van der Waals surface area contributed by atoms with Gasteiger partial charge in [0.25, 0.3) is 0 Å². The van der Waals surface area contributed by atoms with Crippen LogP contribution in [0.5, 0.6) is 0 Å². The van der Waals surface area contributed by atoms with Gasteiger partial charge in [-0.1, -0.05) is 6.07 Å². The fourth-order valence-corrected chi connectivity index (χ4v) is 3.75. The van der Waals surface area contributed by atoms with E-state index in [-0.39, 0.29) is 11.7 Å². The number of rotatable bonds is 4. The summed E-state index contributed by atoms with van der Waals surface area (Å²) in [5.74, 6) is -0.177. The fourth-order valence-electron chi connectivity index (χ4n) is 3.75. The molecule has 1 aliphatic heterocycles. The third kappa shape index (κ3) is 3.85. The van der Waals surface area contributed by atoms with E-state index in [2.05, 4.69) is 20.9 Å². The van der Waals surface area contributed by atoms with Crippen molar-refractivity contribution in [1.29, 1.82) is 0 Å². The molecule has 0 atom stereocenters. The standard InChI is InChI=1S/C21H23FN4O/c1-15-18(19-11-17(22)4-5-20(19)24-15)12-21(27)26-9-7-25(8-10-26)14-16-3-2-6-23-13-16/h2-6,11,13,24H,7-10,12,14H2,1H3. The predicted molar refractivity (Wildman–Crippen MR) is 103 cm³/mol. The minimum atomic E-state index is -0.279. The second kappa shape index (κ2) is 7.48. The molecule has 0 saturated carbocycles. The molecule has 0 unspecified atom stereocenters. The predicted octanol–water partition coefficient (Wildman–Crippen LogP) is 2.90. The van der Waals surface area contributed by atoms with Crippen molar-refractivity contribution in [2.45, 2.75) is 19.9 Å². The van der Waals surface area contributed by atoms with Crippen LogP contribution in [0.1, 0.15) is 16.8 Å². The molecule has 0 aliphatic carbocycles. The summed E-state index contributed by atoms with van der Waals surface area (Å²) in [6, 6.07) is 8.69. The lowest BCUT2D eigenvalue weighted by atomic mass is 10.1. The first-order chi connectivity index (χ1) is 13.1. The molecular weight excluding hydrogens is 343 g/mol. The van der Waals surface area contributed by atoms with Gasteiger partial charge in [0.15, 0.2) is 0 Å². The lowest BCUT2D eigenvalue weighted by molar-refractivity contribution is -0.132. The zero-order chi connectivity index (χ0) is 18.8. The van der Waals surface area contributed by atoms with Gasteiger partial charge in [-0.05, 0) is 42.3 Å². The first kappa shape index (κ1) is 17.7. The number of amides is 1. The second-order valence-corrected chi connectivity index (χ2v) is 7.11. The molecule has 3 heterocycles. The molecule has 1 aromatic carbocycles. The van der Waals surface area contributed by atoms with Crippen LogP contribution in [0.15, 0.2) is 42.7 Å². The molecule has 0 bridgehead atoms. The number of fused-ring (bicyclic) bond motifs is 1. The summed E-state index contributed by atoms with van der Waals surface area (Å²) in [5, 5.41) is 0.802. The first-order valence-electron chi connectivity index (χ1n) is 9.26. The summed E-state index contributed by atoms with van der Waals surface area (Å²) in [6.07, 6.45) is 3.97. The monoisotopic (exact) mass is 366 g/mol. The molecule has 27 heavy (non-hydrogen) atoms. The number of aryl methyl sites for hydroxylation is 1. The third-order valence-electron chi connectivity index (χ3n) is 5.26. The summed E-state index contributed by atoms with van der Waals surface area (Å²) in [7, 11) is 0. The summed E-state index contributed by atoms with van der Waals surface area (Å²) in [5.41, 5.74) is 3.89. The van der Waals surface area contributed by atoms with Gasteiger partial charge >= 0.3 is 0 Å². The van der Waals surface area contributed by atoms with Gasteiger partial charge in [0, 0.05) is 61.7 Å². The van der Waals surface area contributed by atoms with E-state index in [1.165, 1.54) is 17.7 Å². The van der Waals surface area contributed by atoms with Crippen LogP contribution in [-0.2, 0) is 17.8 Å². The summed E-state index contributed by atoms with van der Waals surface area (Å²) >= 11 is 0. The van der Waals surface area contributed by atoms with Crippen LogP contribution in [0, 0.1) is 12.7 Å². The molecule has 1 N–H and O–H groups in total. The largest absolute Gasteiger partial charge is 0.358 e. The van der Waals surface area contributed by atoms with Crippen LogP contribution in [-0.4, -0.2) is 51.9 Å². The molecule has 0 radical (unpaired) electrons. The van der Waals surface area contributed by atoms with Gasteiger partial charge in [0.1, 0.15) is 5.82 Å². The maximum atomic E-state index is 13.6. The van der Waals surface area contributed by atoms with Gasteiger partial charge in [-0.25, -0.2) is 4.39 Å². The number of nitrogens with one attached hydrogen (secondary N) is 1. The maximum Gasteiger partial charge on any atom is 0.227 e. The first-order valence-corrected chi connectivity index (χ1v) is 9.26. The Morgan fingerprint density at radius 1 is 1.22 bits per heavy atom. The number of aromatic nitrogens is 2. The number of nitrogens with zero attached hydrogens (tertiary/aromatic N) is 3. The number of H-pyrrole nitrogens is 1. The molecule has 6 heteroatoms. The lowest BCUT2D eigenvalue weighted by Gasteiger charge is -2.34. The van der Waals surface area contributed by atoms with E-state index in [1.54, 1.807) is 12.3 Å².